The molecule has 6 unspecified atom stereocenters. The summed E-state index contributed by atoms with van der Waals surface area (Å²) in [6.45, 7) is 0. The summed E-state index contributed by atoms with van der Waals surface area (Å²) in [6, 6.07) is 23.8. The second-order valence-corrected chi connectivity index (χ2v) is 14.1. The second kappa shape index (κ2) is 11.7. The summed E-state index contributed by atoms with van der Waals surface area (Å²) in [5, 5.41) is 10.6. The van der Waals surface area contributed by atoms with Crippen molar-refractivity contribution in [1.82, 2.24) is 4.90 Å². The number of amides is 2. The van der Waals surface area contributed by atoms with Crippen molar-refractivity contribution in [2.75, 3.05) is 7.11 Å². The van der Waals surface area contributed by atoms with Gasteiger partial charge in [-0.2, -0.15) is 0 Å². The van der Waals surface area contributed by atoms with Gasteiger partial charge in [-0.05, 0) is 66.5 Å². The normalized spacial score (nSPS) is 30.3. The molecule has 0 spiro atoms. The molecule has 7 nitrogen and oxygen atoms in total. The Kier molecular flexibility index (Phi) is 7.46. The first kappa shape index (κ1) is 30.5. The minimum atomic E-state index is -1.32. The summed E-state index contributed by atoms with van der Waals surface area (Å²) in [7, 11) is 1.48. The lowest BCUT2D eigenvalue weighted by Crippen LogP contribution is -2.58. The molecule has 2 saturated carbocycles. The number of carbonyl (C=O) groups is 4. The number of carbonyl (C=O) groups excluding carboxylic acids is 4. The SMILES string of the molecule is COc1cc(C2C3=CCC4C(=O)N(C5CCCCC5)C(=O)C4C3CC3C(=O)C(c4ccccc4)=CC(=O)C32c2ccccc2)ccc1O. The van der Waals surface area contributed by atoms with E-state index in [0.29, 0.717) is 23.1 Å². The molecule has 0 bridgehead atoms. The first-order valence-electron chi connectivity index (χ1n) is 17.2. The number of likely N-dealkylation sites (tertiary alicyclic amines) is 1. The maximum Gasteiger partial charge on any atom is 0.233 e. The number of allylic oxidation sites excluding steroid dienone is 4. The van der Waals surface area contributed by atoms with Crippen molar-refractivity contribution in [1.29, 1.82) is 0 Å². The van der Waals surface area contributed by atoms with Crippen molar-refractivity contribution in [3.63, 3.8) is 0 Å². The summed E-state index contributed by atoms with van der Waals surface area (Å²) in [6.07, 6.45) is 9.06. The van der Waals surface area contributed by atoms with Gasteiger partial charge in [-0.3, -0.25) is 24.1 Å². The average molecular weight is 642 g/mol. The molecule has 4 aliphatic carbocycles. The predicted octanol–water partition coefficient (Wildman–Crippen LogP) is 6.56. The Morgan fingerprint density at radius 2 is 1.54 bits per heavy atom. The maximum absolute atomic E-state index is 15.1. The highest BCUT2D eigenvalue weighted by molar-refractivity contribution is 6.31. The molecule has 1 heterocycles. The molecule has 5 aliphatic rings. The van der Waals surface area contributed by atoms with Crippen LogP contribution in [0.2, 0.25) is 0 Å². The number of ketones is 2. The maximum atomic E-state index is 15.1. The van der Waals surface area contributed by atoms with Crippen LogP contribution >= 0.6 is 0 Å². The third-order valence-electron chi connectivity index (χ3n) is 11.9. The molecule has 2 amide bonds. The van der Waals surface area contributed by atoms with Crippen LogP contribution in [0.25, 0.3) is 5.57 Å². The van der Waals surface area contributed by atoms with Crippen molar-refractivity contribution in [3.05, 3.63) is 113 Å². The molecule has 1 saturated heterocycles. The van der Waals surface area contributed by atoms with Crippen LogP contribution in [0.3, 0.4) is 0 Å². The van der Waals surface area contributed by atoms with Gasteiger partial charge in [0.15, 0.2) is 23.1 Å². The number of rotatable bonds is 5. The van der Waals surface area contributed by atoms with Crippen LogP contribution in [0.4, 0.5) is 0 Å². The number of hydrogen-bond acceptors (Lipinski definition) is 6. The molecule has 1 N–H and O–H groups in total. The Morgan fingerprint density at radius 3 is 2.25 bits per heavy atom. The summed E-state index contributed by atoms with van der Waals surface area (Å²) >= 11 is 0. The smallest absolute Gasteiger partial charge is 0.233 e. The lowest BCUT2D eigenvalue weighted by atomic mass is 9.44. The summed E-state index contributed by atoms with van der Waals surface area (Å²) < 4.78 is 5.55. The molecule has 1 aliphatic heterocycles. The highest BCUT2D eigenvalue weighted by Gasteiger charge is 2.66. The zero-order valence-corrected chi connectivity index (χ0v) is 27.0. The molecule has 48 heavy (non-hydrogen) atoms. The van der Waals surface area contributed by atoms with Crippen LogP contribution < -0.4 is 4.74 Å². The number of fused-ring (bicyclic) bond motifs is 4. The molecule has 3 aromatic carbocycles. The van der Waals surface area contributed by atoms with E-state index >= 15 is 4.79 Å². The van der Waals surface area contributed by atoms with E-state index in [2.05, 4.69) is 6.08 Å². The fourth-order valence-corrected chi connectivity index (χ4v) is 9.85. The number of phenolic OH excluding ortho intramolecular Hbond substituents is 1. The molecule has 3 fully saturated rings. The van der Waals surface area contributed by atoms with Crippen LogP contribution in [0.1, 0.15) is 67.6 Å². The van der Waals surface area contributed by atoms with Crippen molar-refractivity contribution < 1.29 is 29.0 Å². The largest absolute Gasteiger partial charge is 0.504 e. The molecule has 244 valence electrons. The van der Waals surface area contributed by atoms with Gasteiger partial charge in [0.05, 0.1) is 24.4 Å². The van der Waals surface area contributed by atoms with Crippen LogP contribution in [-0.4, -0.2) is 46.5 Å². The van der Waals surface area contributed by atoms with Crippen molar-refractivity contribution >= 4 is 29.0 Å². The van der Waals surface area contributed by atoms with Crippen LogP contribution in [-0.2, 0) is 24.6 Å². The van der Waals surface area contributed by atoms with Gasteiger partial charge in [0.2, 0.25) is 11.8 Å². The van der Waals surface area contributed by atoms with E-state index in [1.807, 2.05) is 60.7 Å². The van der Waals surface area contributed by atoms with Crippen molar-refractivity contribution in [2.24, 2.45) is 23.7 Å². The molecule has 6 atom stereocenters. The molecule has 0 aromatic heterocycles. The highest BCUT2D eigenvalue weighted by atomic mass is 16.5. The fraction of sp³-hybridized carbons (Fsp3) is 0.366. The van der Waals surface area contributed by atoms with Crippen molar-refractivity contribution in [3.8, 4) is 11.5 Å². The number of Topliss-reactive ketones (excluding diaryl/α,β-unsaturated/α-hetero) is 1. The number of nitrogens with zero attached hydrogens (tertiary/aromatic N) is 1. The number of hydrogen-bond donors (Lipinski definition) is 1. The van der Waals surface area contributed by atoms with E-state index in [1.54, 1.807) is 23.1 Å². The van der Waals surface area contributed by atoms with Gasteiger partial charge in [0.1, 0.15) is 0 Å². The van der Waals surface area contributed by atoms with Crippen LogP contribution in [0.5, 0.6) is 11.5 Å². The van der Waals surface area contributed by atoms with Gasteiger partial charge in [0, 0.05) is 23.5 Å². The zero-order valence-electron chi connectivity index (χ0n) is 27.0. The summed E-state index contributed by atoms with van der Waals surface area (Å²) in [4.78, 5) is 60.2. The van der Waals surface area contributed by atoms with Gasteiger partial charge >= 0.3 is 0 Å². The first-order chi connectivity index (χ1) is 23.4. The van der Waals surface area contributed by atoms with Gasteiger partial charge in [0.25, 0.3) is 0 Å². The van der Waals surface area contributed by atoms with Gasteiger partial charge in [-0.15, -0.1) is 0 Å². The monoisotopic (exact) mass is 641 g/mol. The van der Waals surface area contributed by atoms with Gasteiger partial charge < -0.3 is 9.84 Å². The van der Waals surface area contributed by atoms with Crippen LogP contribution in [0, 0.1) is 23.7 Å². The van der Waals surface area contributed by atoms with E-state index < -0.39 is 35.0 Å². The Morgan fingerprint density at radius 1 is 0.833 bits per heavy atom. The Balaban J connectivity index is 1.35. The third-order valence-corrected chi connectivity index (χ3v) is 11.9. The Bertz CT molecular complexity index is 1870. The highest BCUT2D eigenvalue weighted by Crippen LogP contribution is 2.64. The number of imide groups is 1. The Hall–Kier alpha value is -4.78. The summed E-state index contributed by atoms with van der Waals surface area (Å²) in [5.74, 6) is -3.23. The molecule has 7 heteroatoms. The lowest BCUT2D eigenvalue weighted by Gasteiger charge is -2.55. The molecular weight excluding hydrogens is 602 g/mol. The zero-order chi connectivity index (χ0) is 33.2. The second-order valence-electron chi connectivity index (χ2n) is 14.1. The quantitative estimate of drug-likeness (QED) is 0.250. The van der Waals surface area contributed by atoms with Gasteiger partial charge in [-0.1, -0.05) is 97.6 Å². The van der Waals surface area contributed by atoms with E-state index in [1.165, 1.54) is 13.2 Å². The standard InChI is InChI=1S/C41H39NO6/c1-48-34-21-25(17-20-33(34)43)37-28-18-19-29-36(40(47)42(39(29)46)27-15-9-4-10-16-27)31(28)22-32-38(45)30(24-11-5-2-6-12-24)23-35(44)41(32,37)26-13-7-3-8-14-26/h2-3,5-8,11-14,17-18,20-21,23,27,29,31-32,36-37,43H,4,9-10,15-16,19,22H2,1H3. The van der Waals surface area contributed by atoms with Gasteiger partial charge in [-0.25, -0.2) is 0 Å². The van der Waals surface area contributed by atoms with E-state index in [0.717, 1.165) is 43.2 Å². The number of benzene rings is 3. The van der Waals surface area contributed by atoms with E-state index in [-0.39, 0.29) is 47.3 Å². The Labute approximate surface area is 280 Å². The van der Waals surface area contributed by atoms with E-state index in [9.17, 15) is 19.5 Å². The van der Waals surface area contributed by atoms with Crippen LogP contribution in [0.15, 0.2) is 96.6 Å². The molecule has 0 radical (unpaired) electrons. The molecule has 8 rings (SSSR count). The number of phenols is 1. The topological polar surface area (TPSA) is 101 Å². The minimum absolute atomic E-state index is 0.0337. The molecular formula is C41H39NO6. The average Bonchev–Trinajstić information content (AvgIpc) is 3.39. The lowest BCUT2D eigenvalue weighted by molar-refractivity contribution is -0.144. The number of ether oxygens (including phenoxy) is 1. The number of aromatic hydroxyl groups is 1. The molecule has 3 aromatic rings. The third kappa shape index (κ3) is 4.39. The predicted molar refractivity (Wildman–Crippen MR) is 180 cm³/mol. The number of methoxy groups -OCH3 is 1. The fourth-order valence-electron chi connectivity index (χ4n) is 9.85. The summed E-state index contributed by atoms with van der Waals surface area (Å²) in [5.41, 5.74) is 2.09. The van der Waals surface area contributed by atoms with Crippen molar-refractivity contribution in [2.45, 2.75) is 62.3 Å². The minimum Gasteiger partial charge on any atom is -0.504 e. The first-order valence-corrected chi connectivity index (χ1v) is 17.2. The van der Waals surface area contributed by atoms with E-state index in [4.69, 9.17) is 4.74 Å².